The second-order valence-corrected chi connectivity index (χ2v) is 8.54. The van der Waals surface area contributed by atoms with Gasteiger partial charge in [-0.05, 0) is 60.7 Å². The van der Waals surface area contributed by atoms with E-state index in [0.29, 0.717) is 29.5 Å². The normalized spacial score (nSPS) is 15.2. The fraction of sp³-hybridized carbons (Fsp3) is 0.214. The van der Waals surface area contributed by atoms with Gasteiger partial charge in [0.15, 0.2) is 5.43 Å². The van der Waals surface area contributed by atoms with E-state index in [-0.39, 0.29) is 17.1 Å². The smallest absolute Gasteiger partial charge is 0.290 e. The summed E-state index contributed by atoms with van der Waals surface area (Å²) in [6, 6.07) is 20.8. The number of ether oxygens (including phenoxy) is 1. The van der Waals surface area contributed by atoms with Crippen molar-refractivity contribution in [2.75, 3.05) is 13.7 Å². The molecule has 0 spiro atoms. The predicted octanol–water partition coefficient (Wildman–Crippen LogP) is 5.21. The second-order valence-electron chi connectivity index (χ2n) is 8.54. The van der Waals surface area contributed by atoms with Crippen molar-refractivity contribution in [1.29, 1.82) is 0 Å². The molecule has 5 rings (SSSR count). The minimum atomic E-state index is -0.478. The van der Waals surface area contributed by atoms with Crippen molar-refractivity contribution in [2.24, 2.45) is 0 Å². The third kappa shape index (κ3) is 3.59. The molecule has 166 valence electrons. The molecule has 1 atom stereocenters. The minimum Gasteiger partial charge on any atom is -0.497 e. The summed E-state index contributed by atoms with van der Waals surface area (Å²) in [7, 11) is 1.64. The Bertz CT molecular complexity index is 1400. The van der Waals surface area contributed by atoms with Crippen LogP contribution in [-0.2, 0) is 6.42 Å². The average Bonchev–Trinajstić information content (AvgIpc) is 3.11. The number of amides is 1. The molecule has 5 nitrogen and oxygen atoms in total. The molecule has 1 aliphatic rings. The number of benzene rings is 3. The zero-order valence-corrected chi connectivity index (χ0v) is 18.9. The number of carbonyl (C=O) groups is 1. The van der Waals surface area contributed by atoms with Crippen molar-refractivity contribution in [3.63, 3.8) is 0 Å². The van der Waals surface area contributed by atoms with Gasteiger partial charge in [0, 0.05) is 6.54 Å². The number of rotatable bonds is 5. The quantitative estimate of drug-likeness (QED) is 0.429. The molecule has 4 aromatic rings. The van der Waals surface area contributed by atoms with Crippen LogP contribution in [0.1, 0.15) is 44.4 Å². The zero-order chi connectivity index (χ0) is 23.1. The van der Waals surface area contributed by atoms with Gasteiger partial charge in [-0.25, -0.2) is 0 Å². The first-order valence-corrected chi connectivity index (χ1v) is 11.0. The van der Waals surface area contributed by atoms with Crippen LogP contribution in [0.5, 0.6) is 5.75 Å². The average molecular weight is 440 g/mol. The summed E-state index contributed by atoms with van der Waals surface area (Å²) in [5, 5.41) is 0.525. The summed E-state index contributed by atoms with van der Waals surface area (Å²) in [5.41, 5.74) is 4.61. The third-order valence-corrected chi connectivity index (χ3v) is 6.31. The van der Waals surface area contributed by atoms with E-state index >= 15 is 0 Å². The molecule has 0 saturated heterocycles. The van der Waals surface area contributed by atoms with E-state index in [1.807, 2.05) is 80.6 Å². The maximum Gasteiger partial charge on any atom is 0.290 e. The van der Waals surface area contributed by atoms with Crippen molar-refractivity contribution in [3.05, 3.63) is 111 Å². The van der Waals surface area contributed by atoms with Crippen molar-refractivity contribution < 1.29 is 13.9 Å². The molecule has 1 aliphatic heterocycles. The molecule has 33 heavy (non-hydrogen) atoms. The van der Waals surface area contributed by atoms with Gasteiger partial charge in [0.2, 0.25) is 5.76 Å². The summed E-state index contributed by atoms with van der Waals surface area (Å²) < 4.78 is 11.4. The van der Waals surface area contributed by atoms with Crippen molar-refractivity contribution >= 4 is 16.9 Å². The monoisotopic (exact) mass is 439 g/mol. The van der Waals surface area contributed by atoms with Crippen molar-refractivity contribution in [3.8, 4) is 5.75 Å². The van der Waals surface area contributed by atoms with E-state index in [1.165, 1.54) is 0 Å². The summed E-state index contributed by atoms with van der Waals surface area (Å²) in [4.78, 5) is 29.0. The highest BCUT2D eigenvalue weighted by Crippen LogP contribution is 2.38. The Hall–Kier alpha value is -3.86. The lowest BCUT2D eigenvalue weighted by Crippen LogP contribution is -2.31. The number of hydrogen-bond donors (Lipinski definition) is 0. The lowest BCUT2D eigenvalue weighted by Gasteiger charge is -2.25. The molecule has 0 radical (unpaired) electrons. The highest BCUT2D eigenvalue weighted by atomic mass is 16.5. The minimum absolute atomic E-state index is 0.132. The van der Waals surface area contributed by atoms with E-state index in [1.54, 1.807) is 12.0 Å². The van der Waals surface area contributed by atoms with Crippen LogP contribution in [0.15, 0.2) is 75.9 Å². The van der Waals surface area contributed by atoms with Gasteiger partial charge in [0.25, 0.3) is 5.91 Å². The van der Waals surface area contributed by atoms with Gasteiger partial charge in [-0.15, -0.1) is 0 Å². The van der Waals surface area contributed by atoms with E-state index in [9.17, 15) is 9.59 Å². The fourth-order valence-electron chi connectivity index (χ4n) is 4.73. The van der Waals surface area contributed by atoms with Gasteiger partial charge in [0.05, 0.1) is 24.1 Å². The molecule has 0 unspecified atom stereocenters. The van der Waals surface area contributed by atoms with Crippen molar-refractivity contribution in [2.45, 2.75) is 26.3 Å². The zero-order valence-electron chi connectivity index (χ0n) is 18.9. The Morgan fingerprint density at radius 2 is 1.70 bits per heavy atom. The molecular formula is C28H25NO4. The summed E-state index contributed by atoms with van der Waals surface area (Å²) >= 11 is 0. The molecule has 0 N–H and O–H groups in total. The SMILES string of the molecule is COc1ccc(CCN2C(=O)c3oc4c(C)cc(C)cc4c(=O)c3[C@@H]2c2ccccc2)cc1. The van der Waals surface area contributed by atoms with Gasteiger partial charge in [0.1, 0.15) is 11.3 Å². The van der Waals surface area contributed by atoms with E-state index in [0.717, 1.165) is 28.0 Å². The van der Waals surface area contributed by atoms with Crippen molar-refractivity contribution in [1.82, 2.24) is 4.90 Å². The third-order valence-electron chi connectivity index (χ3n) is 6.31. The lowest BCUT2D eigenvalue weighted by atomic mass is 9.97. The van der Waals surface area contributed by atoms with Crippen LogP contribution >= 0.6 is 0 Å². The summed E-state index contributed by atoms with van der Waals surface area (Å²) in [6.07, 6.45) is 0.652. The Kier molecular flexibility index (Phi) is 5.25. The number of hydrogen-bond acceptors (Lipinski definition) is 4. The van der Waals surface area contributed by atoms with Crippen LogP contribution in [-0.4, -0.2) is 24.5 Å². The second kappa shape index (κ2) is 8.24. The molecule has 2 heterocycles. The van der Waals surface area contributed by atoms with Gasteiger partial charge < -0.3 is 14.1 Å². The van der Waals surface area contributed by atoms with E-state index < -0.39 is 6.04 Å². The molecule has 0 bridgehead atoms. The first-order valence-electron chi connectivity index (χ1n) is 11.0. The maximum absolute atomic E-state index is 13.7. The number of nitrogens with zero attached hydrogens (tertiary/aromatic N) is 1. The Morgan fingerprint density at radius 1 is 0.970 bits per heavy atom. The molecule has 1 aromatic heterocycles. The Balaban J connectivity index is 1.61. The lowest BCUT2D eigenvalue weighted by molar-refractivity contribution is 0.0730. The van der Waals surface area contributed by atoms with Crippen LogP contribution in [0.4, 0.5) is 0 Å². The molecule has 0 fully saturated rings. The standard InChI is InChI=1S/C28H25NO4/c1-17-15-18(2)26-22(16-17)25(30)23-24(20-7-5-4-6-8-20)29(28(31)27(23)33-26)14-13-19-9-11-21(32-3)12-10-19/h4-12,15-16,24H,13-14H2,1-3H3/t24-/m0/s1. The number of methoxy groups -OCH3 is 1. The van der Waals surface area contributed by atoms with Gasteiger partial charge in [-0.2, -0.15) is 0 Å². The summed E-state index contributed by atoms with van der Waals surface area (Å²) in [5.74, 6) is 0.701. The Labute approximate surface area is 192 Å². The Morgan fingerprint density at radius 3 is 2.39 bits per heavy atom. The van der Waals surface area contributed by atoms with Crippen LogP contribution < -0.4 is 10.2 Å². The molecule has 1 amide bonds. The number of aryl methyl sites for hydroxylation is 2. The topological polar surface area (TPSA) is 59.8 Å². The molecule has 5 heteroatoms. The molecule has 0 saturated carbocycles. The molecule has 3 aromatic carbocycles. The highest BCUT2D eigenvalue weighted by molar-refractivity contribution is 5.99. The van der Waals surface area contributed by atoms with Crippen LogP contribution in [0.2, 0.25) is 0 Å². The predicted molar refractivity (Wildman–Crippen MR) is 128 cm³/mol. The largest absolute Gasteiger partial charge is 0.497 e. The summed E-state index contributed by atoms with van der Waals surface area (Å²) in [6.45, 7) is 4.32. The number of carbonyl (C=O) groups excluding carboxylic acids is 1. The number of fused-ring (bicyclic) bond motifs is 2. The maximum atomic E-state index is 13.7. The molecular weight excluding hydrogens is 414 g/mol. The van der Waals surface area contributed by atoms with Crippen LogP contribution in [0.3, 0.4) is 0 Å². The van der Waals surface area contributed by atoms with E-state index in [2.05, 4.69) is 0 Å². The first kappa shape index (κ1) is 21.0. The van der Waals surface area contributed by atoms with Gasteiger partial charge in [-0.3, -0.25) is 9.59 Å². The first-order chi connectivity index (χ1) is 16.0. The molecule has 0 aliphatic carbocycles. The van der Waals surface area contributed by atoms with Crippen LogP contribution in [0.25, 0.3) is 11.0 Å². The highest BCUT2D eigenvalue weighted by Gasteiger charge is 2.42. The van der Waals surface area contributed by atoms with Gasteiger partial charge in [-0.1, -0.05) is 48.5 Å². The fourth-order valence-corrected chi connectivity index (χ4v) is 4.73. The van der Waals surface area contributed by atoms with Crippen LogP contribution in [0, 0.1) is 13.8 Å². The van der Waals surface area contributed by atoms with Gasteiger partial charge >= 0.3 is 0 Å². The van der Waals surface area contributed by atoms with E-state index in [4.69, 9.17) is 9.15 Å².